The van der Waals surface area contributed by atoms with Gasteiger partial charge in [-0.3, -0.25) is 0 Å². The first kappa shape index (κ1) is 23.1. The molecule has 2 N–H and O–H groups in total. The van der Waals surface area contributed by atoms with E-state index in [2.05, 4.69) is 61.7 Å². The molecule has 2 aromatic carbocycles. The highest BCUT2D eigenvalue weighted by molar-refractivity contribution is 7.15. The van der Waals surface area contributed by atoms with Gasteiger partial charge in [0, 0.05) is 50.9 Å². The van der Waals surface area contributed by atoms with Gasteiger partial charge in [-0.1, -0.05) is 24.3 Å². The normalized spacial score (nSPS) is 11.2. The van der Waals surface area contributed by atoms with Crippen molar-refractivity contribution in [2.75, 3.05) is 5.32 Å². The maximum atomic E-state index is 6.24. The van der Waals surface area contributed by atoms with Crippen LogP contribution in [0.4, 0.5) is 11.5 Å². The molecule has 0 unspecified atom stereocenters. The van der Waals surface area contributed by atoms with Crippen LogP contribution in [0.5, 0.6) is 11.6 Å². The lowest BCUT2D eigenvalue weighted by Gasteiger charge is -2.12. The zero-order chi connectivity index (χ0) is 26.2. The van der Waals surface area contributed by atoms with Crippen molar-refractivity contribution in [3.8, 4) is 33.3 Å². The highest BCUT2D eigenvalue weighted by atomic mass is 32.1. The Morgan fingerprint density at radius 2 is 1.62 bits per heavy atom. The Hall–Kier alpha value is -5.08. The molecule has 7 aromatic rings. The zero-order valence-corrected chi connectivity index (χ0v) is 21.7. The number of pyridine rings is 2. The summed E-state index contributed by atoms with van der Waals surface area (Å²) >= 11 is 1.72. The average Bonchev–Trinajstić information content (AvgIpc) is 3.64. The van der Waals surface area contributed by atoms with Crippen LogP contribution in [-0.4, -0.2) is 25.1 Å². The fourth-order valence-corrected chi connectivity index (χ4v) is 5.53. The SMILES string of the molecule is Cc1ccc(-c2nnc(Nc3ccc(Oc4ncccc4-c4ccnc5[nH]ccc45)cc3)c3ccccc23)s1. The molecule has 0 aliphatic rings. The molecule has 8 heteroatoms. The van der Waals surface area contributed by atoms with Crippen LogP contribution < -0.4 is 10.1 Å². The van der Waals surface area contributed by atoms with Gasteiger partial charge in [0.15, 0.2) is 5.82 Å². The van der Waals surface area contributed by atoms with E-state index in [1.807, 2.05) is 66.9 Å². The van der Waals surface area contributed by atoms with E-state index < -0.39 is 0 Å². The highest BCUT2D eigenvalue weighted by Gasteiger charge is 2.14. The number of aromatic amines is 1. The van der Waals surface area contributed by atoms with E-state index >= 15 is 0 Å². The number of rotatable bonds is 6. The second kappa shape index (κ2) is 9.66. The van der Waals surface area contributed by atoms with Crippen LogP contribution in [0, 0.1) is 6.92 Å². The van der Waals surface area contributed by atoms with Crippen molar-refractivity contribution in [3.63, 3.8) is 0 Å². The number of anilines is 2. The van der Waals surface area contributed by atoms with Crippen molar-refractivity contribution in [1.29, 1.82) is 0 Å². The molecule has 0 fully saturated rings. The number of fused-ring (bicyclic) bond motifs is 2. The summed E-state index contributed by atoms with van der Waals surface area (Å²) in [6, 6.07) is 28.1. The summed E-state index contributed by atoms with van der Waals surface area (Å²) in [6.07, 6.45) is 5.40. The summed E-state index contributed by atoms with van der Waals surface area (Å²) in [6.45, 7) is 2.10. The monoisotopic (exact) mass is 526 g/mol. The number of H-pyrrole nitrogens is 1. The zero-order valence-electron chi connectivity index (χ0n) is 20.9. The third-order valence-electron chi connectivity index (χ3n) is 6.51. The molecule has 188 valence electrons. The van der Waals surface area contributed by atoms with Gasteiger partial charge in [-0.25, -0.2) is 9.97 Å². The fourth-order valence-electron chi connectivity index (χ4n) is 4.67. The first-order valence-corrected chi connectivity index (χ1v) is 13.3. The van der Waals surface area contributed by atoms with Crippen molar-refractivity contribution >= 4 is 44.6 Å². The number of hydrogen-bond acceptors (Lipinski definition) is 7. The van der Waals surface area contributed by atoms with Crippen LogP contribution in [-0.2, 0) is 0 Å². The highest BCUT2D eigenvalue weighted by Crippen LogP contribution is 2.36. The molecule has 0 spiro atoms. The molecule has 5 aromatic heterocycles. The van der Waals surface area contributed by atoms with Gasteiger partial charge >= 0.3 is 0 Å². The van der Waals surface area contributed by atoms with E-state index in [1.54, 1.807) is 23.7 Å². The number of benzene rings is 2. The Bertz CT molecular complexity index is 1940. The fraction of sp³-hybridized carbons (Fsp3) is 0.0323. The molecule has 7 nitrogen and oxygen atoms in total. The third-order valence-corrected chi connectivity index (χ3v) is 7.52. The summed E-state index contributed by atoms with van der Waals surface area (Å²) in [5.74, 6) is 1.92. The molecular weight excluding hydrogens is 504 g/mol. The maximum Gasteiger partial charge on any atom is 0.227 e. The van der Waals surface area contributed by atoms with E-state index in [9.17, 15) is 0 Å². The minimum absolute atomic E-state index is 0.531. The quantitative estimate of drug-likeness (QED) is 0.227. The Morgan fingerprint density at radius 3 is 2.46 bits per heavy atom. The summed E-state index contributed by atoms with van der Waals surface area (Å²) in [7, 11) is 0. The van der Waals surface area contributed by atoms with Crippen LogP contribution in [0.3, 0.4) is 0 Å². The van der Waals surface area contributed by atoms with Crippen LogP contribution in [0.2, 0.25) is 0 Å². The van der Waals surface area contributed by atoms with Crippen molar-refractivity contribution < 1.29 is 4.74 Å². The first-order valence-electron chi connectivity index (χ1n) is 12.5. The van der Waals surface area contributed by atoms with E-state index in [0.717, 1.165) is 49.2 Å². The van der Waals surface area contributed by atoms with Gasteiger partial charge in [-0.15, -0.1) is 21.5 Å². The smallest absolute Gasteiger partial charge is 0.227 e. The number of thiophene rings is 1. The number of nitrogens with one attached hydrogen (secondary N) is 2. The van der Waals surface area contributed by atoms with Crippen molar-refractivity contribution in [1.82, 2.24) is 25.1 Å². The van der Waals surface area contributed by atoms with E-state index in [4.69, 9.17) is 4.74 Å². The molecule has 0 aliphatic heterocycles. The summed E-state index contributed by atoms with van der Waals surface area (Å²) < 4.78 is 6.24. The second-order valence-corrected chi connectivity index (χ2v) is 10.3. The summed E-state index contributed by atoms with van der Waals surface area (Å²) in [5, 5.41) is 15.6. The summed E-state index contributed by atoms with van der Waals surface area (Å²) in [5.41, 5.74) is 4.51. The van der Waals surface area contributed by atoms with Crippen LogP contribution in [0.15, 0.2) is 104 Å². The lowest BCUT2D eigenvalue weighted by atomic mass is 10.1. The van der Waals surface area contributed by atoms with Gasteiger partial charge < -0.3 is 15.0 Å². The lowest BCUT2D eigenvalue weighted by Crippen LogP contribution is -1.99. The Morgan fingerprint density at radius 1 is 0.744 bits per heavy atom. The minimum atomic E-state index is 0.531. The molecule has 0 aliphatic carbocycles. The average molecular weight is 527 g/mol. The van der Waals surface area contributed by atoms with Crippen LogP contribution in [0.1, 0.15) is 4.88 Å². The molecule has 0 saturated carbocycles. The molecule has 7 rings (SSSR count). The number of ether oxygens (including phenoxy) is 1. The largest absolute Gasteiger partial charge is 0.438 e. The third kappa shape index (κ3) is 4.36. The molecule has 0 radical (unpaired) electrons. The minimum Gasteiger partial charge on any atom is -0.438 e. The molecule has 0 saturated heterocycles. The van der Waals surface area contributed by atoms with Crippen molar-refractivity contribution in [2.45, 2.75) is 6.92 Å². The lowest BCUT2D eigenvalue weighted by molar-refractivity contribution is 0.465. The van der Waals surface area contributed by atoms with Gasteiger partial charge in [0.1, 0.15) is 17.1 Å². The molecule has 0 bridgehead atoms. The van der Waals surface area contributed by atoms with Gasteiger partial charge in [0.2, 0.25) is 5.88 Å². The molecule has 0 atom stereocenters. The maximum absolute atomic E-state index is 6.24. The van der Waals surface area contributed by atoms with E-state index in [-0.39, 0.29) is 0 Å². The number of aryl methyl sites for hydroxylation is 1. The Balaban J connectivity index is 1.16. The molecular formula is C31H22N6OS. The van der Waals surface area contributed by atoms with Crippen LogP contribution >= 0.6 is 11.3 Å². The first-order chi connectivity index (χ1) is 19.2. The van der Waals surface area contributed by atoms with Gasteiger partial charge in [0.05, 0.1) is 4.88 Å². The van der Waals surface area contributed by atoms with Gasteiger partial charge in [-0.05, 0) is 73.2 Å². The van der Waals surface area contributed by atoms with E-state index in [0.29, 0.717) is 17.4 Å². The number of hydrogen-bond donors (Lipinski definition) is 2. The van der Waals surface area contributed by atoms with Crippen LogP contribution in [0.25, 0.3) is 43.5 Å². The molecule has 5 heterocycles. The second-order valence-electron chi connectivity index (χ2n) is 9.06. The topological polar surface area (TPSA) is 88.6 Å². The predicted molar refractivity (Wildman–Crippen MR) is 157 cm³/mol. The summed E-state index contributed by atoms with van der Waals surface area (Å²) in [4.78, 5) is 14.4. The molecule has 39 heavy (non-hydrogen) atoms. The number of nitrogens with zero attached hydrogens (tertiary/aromatic N) is 4. The molecule has 0 amide bonds. The Labute approximate surface area is 228 Å². The Kier molecular flexibility index (Phi) is 5.71. The van der Waals surface area contributed by atoms with Gasteiger partial charge in [0.25, 0.3) is 0 Å². The predicted octanol–water partition coefficient (Wildman–Crippen LogP) is 8.14. The van der Waals surface area contributed by atoms with Gasteiger partial charge in [-0.2, -0.15) is 0 Å². The van der Waals surface area contributed by atoms with Crippen molar-refractivity contribution in [2.24, 2.45) is 0 Å². The van der Waals surface area contributed by atoms with Crippen molar-refractivity contribution in [3.05, 3.63) is 108 Å². The van der Waals surface area contributed by atoms with E-state index in [1.165, 1.54) is 4.88 Å². The number of aromatic nitrogens is 5. The standard InChI is InChI=1S/C31H22N6OS/c1-19-8-13-27(39-19)28-23-5-2-3-6-24(23)30(37-36-28)35-20-9-11-21(12-10-20)38-31-26(7-4-16-34-31)22-14-17-32-29-25(22)15-18-33-29/h2-18H,1H3,(H,32,33)(H,35,37).